The minimum Gasteiger partial charge on any atom is -0.333 e. The molecule has 11 rings (SSSR count). The Morgan fingerprint density at radius 1 is 0.614 bits per heavy atom. The van der Waals surface area contributed by atoms with Crippen LogP contribution < -0.4 is 4.90 Å². The van der Waals surface area contributed by atoms with E-state index < -0.39 is 0 Å². The van der Waals surface area contributed by atoms with E-state index in [9.17, 15) is 0 Å². The van der Waals surface area contributed by atoms with Gasteiger partial charge in [-0.05, 0) is 99.3 Å². The van der Waals surface area contributed by atoms with Gasteiger partial charge in [0, 0.05) is 39.8 Å². The van der Waals surface area contributed by atoms with Gasteiger partial charge >= 0.3 is 0 Å². The first-order valence-electron chi connectivity index (χ1n) is 20.0. The highest BCUT2D eigenvalue weighted by atomic mass is 15.2. The van der Waals surface area contributed by atoms with Crippen LogP contribution in [0.5, 0.6) is 0 Å². The minimum absolute atomic E-state index is 0.336. The molecule has 0 aromatic heterocycles. The molecule has 2 aliphatic heterocycles. The fourth-order valence-corrected chi connectivity index (χ4v) is 9.16. The first-order chi connectivity index (χ1) is 28.3. The van der Waals surface area contributed by atoms with Crippen molar-refractivity contribution in [3.63, 3.8) is 0 Å². The summed E-state index contributed by atoms with van der Waals surface area (Å²) in [7, 11) is 0. The highest BCUT2D eigenvalue weighted by Crippen LogP contribution is 2.48. The van der Waals surface area contributed by atoms with Gasteiger partial charge in [0.25, 0.3) is 0 Å². The second-order valence-corrected chi connectivity index (χ2v) is 15.2. The normalized spacial score (nSPS) is 17.4. The molecule has 7 aromatic rings. The van der Waals surface area contributed by atoms with Crippen LogP contribution in [0, 0.1) is 0 Å². The van der Waals surface area contributed by atoms with E-state index in [2.05, 4.69) is 193 Å². The third-order valence-electron chi connectivity index (χ3n) is 11.9. The summed E-state index contributed by atoms with van der Waals surface area (Å²) in [5.74, 6) is 0. The quantitative estimate of drug-likeness (QED) is 0.173. The smallest absolute Gasteiger partial charge is 0.0731 e. The number of hydrogen-bond acceptors (Lipinski definition) is 3. The van der Waals surface area contributed by atoms with Crippen molar-refractivity contribution in [3.8, 4) is 22.3 Å². The molecule has 0 saturated heterocycles. The van der Waals surface area contributed by atoms with E-state index in [0.29, 0.717) is 6.04 Å². The molecule has 3 nitrogen and oxygen atoms in total. The van der Waals surface area contributed by atoms with Gasteiger partial charge in [-0.1, -0.05) is 158 Å². The topological polar surface area (TPSA) is 28.0 Å². The van der Waals surface area contributed by atoms with Crippen LogP contribution in [-0.2, 0) is 6.42 Å². The van der Waals surface area contributed by atoms with Crippen LogP contribution in [0.15, 0.2) is 192 Å². The van der Waals surface area contributed by atoms with Crippen molar-refractivity contribution in [1.82, 2.24) is 0 Å². The number of benzene rings is 7. The number of hydrogen-bond donors (Lipinski definition) is 0. The molecule has 0 radical (unpaired) electrons. The fourth-order valence-electron chi connectivity index (χ4n) is 9.16. The third-order valence-corrected chi connectivity index (χ3v) is 11.9. The minimum atomic E-state index is 0.336. The van der Waals surface area contributed by atoms with Crippen LogP contribution in [0.3, 0.4) is 0 Å². The van der Waals surface area contributed by atoms with Crippen LogP contribution in [0.25, 0.3) is 50.4 Å². The Kier molecular flexibility index (Phi) is 8.10. The lowest BCUT2D eigenvalue weighted by Crippen LogP contribution is -2.26. The van der Waals surface area contributed by atoms with Gasteiger partial charge in [0.05, 0.1) is 23.1 Å². The van der Waals surface area contributed by atoms with Gasteiger partial charge in [-0.2, -0.15) is 0 Å². The van der Waals surface area contributed by atoms with E-state index in [4.69, 9.17) is 9.98 Å². The summed E-state index contributed by atoms with van der Waals surface area (Å²) in [4.78, 5) is 13.0. The molecule has 4 aliphatic rings. The van der Waals surface area contributed by atoms with Gasteiger partial charge in [0.1, 0.15) is 0 Å². The van der Waals surface area contributed by atoms with Gasteiger partial charge in [0.2, 0.25) is 0 Å². The van der Waals surface area contributed by atoms with E-state index in [0.717, 1.165) is 58.6 Å². The van der Waals surface area contributed by atoms with Gasteiger partial charge in [-0.15, -0.1) is 0 Å². The number of allylic oxidation sites excluding steroid dienone is 4. The molecule has 2 heterocycles. The van der Waals surface area contributed by atoms with Crippen molar-refractivity contribution in [2.45, 2.75) is 25.3 Å². The summed E-state index contributed by atoms with van der Waals surface area (Å²) in [6.45, 7) is 0. The van der Waals surface area contributed by atoms with Crippen LogP contribution in [-0.4, -0.2) is 18.0 Å². The van der Waals surface area contributed by atoms with Crippen molar-refractivity contribution < 1.29 is 0 Å². The molecule has 7 aromatic carbocycles. The molecular formula is C54H39N3. The van der Waals surface area contributed by atoms with E-state index in [1.54, 1.807) is 0 Å². The first kappa shape index (κ1) is 33.3. The van der Waals surface area contributed by atoms with Gasteiger partial charge < -0.3 is 4.90 Å². The summed E-state index contributed by atoms with van der Waals surface area (Å²) in [6, 6.07) is 55.1. The lowest BCUT2D eigenvalue weighted by Gasteiger charge is -2.29. The van der Waals surface area contributed by atoms with Crippen molar-refractivity contribution >= 4 is 57.1 Å². The summed E-state index contributed by atoms with van der Waals surface area (Å²) in [6.07, 6.45) is 18.6. The average Bonchev–Trinajstić information content (AvgIpc) is 3.61. The molecule has 0 N–H and O–H groups in total. The molecular weight excluding hydrogens is 691 g/mol. The van der Waals surface area contributed by atoms with Gasteiger partial charge in [-0.25, -0.2) is 4.99 Å². The number of anilines is 2. The monoisotopic (exact) mass is 729 g/mol. The van der Waals surface area contributed by atoms with Crippen LogP contribution in [0.1, 0.15) is 46.2 Å². The summed E-state index contributed by atoms with van der Waals surface area (Å²) < 4.78 is 0. The molecule has 1 atom stereocenters. The standard InChI is InChI=1S/C54H39N3/c1-2-14-38(15-3-1)51-34-52(47-22-12-16-36-13-4-5-17-42(36)47)55-35-40-26-25-39(33-50(40)56-51)44-32-31-43(45-18-6-7-19-46(44)45)37-27-29-41(30-28-37)57-53-23-10-8-20-48(53)49-21-9-11-24-54(49)57/h1-5,7-17,19-23,25-35,54H,6,18,24H2/b40-35?,51-34?,52-34-,55-35?,55-52?,56-50?,56-51?. The Morgan fingerprint density at radius 3 is 2.33 bits per heavy atom. The molecule has 3 heteroatoms. The zero-order valence-electron chi connectivity index (χ0n) is 31.5. The summed E-state index contributed by atoms with van der Waals surface area (Å²) >= 11 is 0. The lowest BCUT2D eigenvalue weighted by molar-refractivity contribution is 0.829. The van der Waals surface area contributed by atoms with E-state index in [1.807, 2.05) is 6.21 Å². The Balaban J connectivity index is 0.968. The second-order valence-electron chi connectivity index (χ2n) is 15.2. The number of rotatable bonds is 5. The van der Waals surface area contributed by atoms with Gasteiger partial charge in [0.15, 0.2) is 0 Å². The molecule has 57 heavy (non-hydrogen) atoms. The van der Waals surface area contributed by atoms with Crippen molar-refractivity contribution in [1.29, 1.82) is 0 Å². The van der Waals surface area contributed by atoms with Gasteiger partial charge in [-0.3, -0.25) is 4.99 Å². The summed E-state index contributed by atoms with van der Waals surface area (Å²) in [5, 5.41) is 2.37. The second kappa shape index (κ2) is 13.9. The lowest BCUT2D eigenvalue weighted by atomic mass is 9.84. The Bertz CT molecular complexity index is 2920. The number of nitrogens with zero attached hydrogens (tertiary/aromatic N) is 3. The maximum atomic E-state index is 5.39. The molecule has 0 fully saturated rings. The summed E-state index contributed by atoms with van der Waals surface area (Å²) in [5.41, 5.74) is 18.8. The predicted octanol–water partition coefficient (Wildman–Crippen LogP) is 13.6. The number of fused-ring (bicyclic) bond motifs is 6. The Hall–Kier alpha value is -7.10. The highest BCUT2D eigenvalue weighted by molar-refractivity contribution is 6.16. The van der Waals surface area contributed by atoms with Crippen LogP contribution in [0.4, 0.5) is 17.1 Å². The zero-order chi connectivity index (χ0) is 37.7. The Labute approximate surface area is 333 Å². The number of aliphatic imine (C=N–C) groups is 2. The molecule has 0 spiro atoms. The number of para-hydroxylation sites is 1. The first-order valence-corrected chi connectivity index (χ1v) is 20.0. The molecule has 0 bridgehead atoms. The van der Waals surface area contributed by atoms with Crippen LogP contribution >= 0.6 is 0 Å². The Morgan fingerprint density at radius 2 is 1.40 bits per heavy atom. The molecule has 0 saturated carbocycles. The zero-order valence-corrected chi connectivity index (χ0v) is 31.5. The van der Waals surface area contributed by atoms with E-state index >= 15 is 0 Å². The fraction of sp³-hybridized carbons (Fsp3) is 0.0741. The van der Waals surface area contributed by atoms with E-state index in [1.165, 1.54) is 61.1 Å². The molecule has 270 valence electrons. The molecule has 0 amide bonds. The molecule has 2 aliphatic carbocycles. The van der Waals surface area contributed by atoms with Crippen molar-refractivity contribution in [2.24, 2.45) is 9.98 Å². The SMILES string of the molecule is C1=CCC2C(=C1)c1ccccc1N2c1ccc(-c2ccc(-c3ccc4c(c3)N=C(c3ccccc3)/C=C(/c3cccc5ccccc35)N=C4)c3c2CCC=C3)cc1. The van der Waals surface area contributed by atoms with Crippen molar-refractivity contribution in [2.75, 3.05) is 4.90 Å². The maximum absolute atomic E-state index is 5.39. The van der Waals surface area contributed by atoms with E-state index in [-0.39, 0.29) is 0 Å². The molecule has 1 unspecified atom stereocenters. The average molecular weight is 730 g/mol. The third kappa shape index (κ3) is 5.82. The van der Waals surface area contributed by atoms with Crippen molar-refractivity contribution in [3.05, 3.63) is 215 Å². The van der Waals surface area contributed by atoms with Crippen LogP contribution in [0.2, 0.25) is 0 Å². The highest BCUT2D eigenvalue weighted by Gasteiger charge is 2.34. The largest absolute Gasteiger partial charge is 0.333 e. The maximum Gasteiger partial charge on any atom is 0.0731 e. The predicted molar refractivity (Wildman–Crippen MR) is 241 cm³/mol.